The Kier molecular flexibility index (Phi) is 5.38. The molecule has 0 saturated heterocycles. The summed E-state index contributed by atoms with van der Waals surface area (Å²) in [5.74, 6) is 0.842. The van der Waals surface area contributed by atoms with Gasteiger partial charge in [0.2, 0.25) is 5.91 Å². The van der Waals surface area contributed by atoms with Crippen molar-refractivity contribution < 1.29 is 4.79 Å². The first kappa shape index (κ1) is 11.8. The highest BCUT2D eigenvalue weighted by Gasteiger charge is 2.18. The first-order valence-corrected chi connectivity index (χ1v) is 5.02. The van der Waals surface area contributed by atoms with Gasteiger partial charge in [0, 0.05) is 18.7 Å². The summed E-state index contributed by atoms with van der Waals surface area (Å²) in [4.78, 5) is 11.2. The third kappa shape index (κ3) is 5.47. The molecule has 0 aromatic rings. The van der Waals surface area contributed by atoms with Gasteiger partial charge in [-0.2, -0.15) is 12.6 Å². The van der Waals surface area contributed by atoms with Gasteiger partial charge in [-0.05, 0) is 5.41 Å². The van der Waals surface area contributed by atoms with E-state index < -0.39 is 0 Å². The summed E-state index contributed by atoms with van der Waals surface area (Å²) in [6, 6.07) is 0. The Labute approximate surface area is 80.5 Å². The van der Waals surface area contributed by atoms with Gasteiger partial charge in [-0.25, -0.2) is 0 Å². The number of rotatable bonds is 5. The second-order valence-corrected chi connectivity index (χ2v) is 4.22. The Morgan fingerprint density at radius 2 is 2.08 bits per heavy atom. The zero-order valence-electron chi connectivity index (χ0n) is 8.18. The lowest BCUT2D eigenvalue weighted by Crippen LogP contribution is -2.29. The zero-order valence-corrected chi connectivity index (χ0v) is 9.08. The van der Waals surface area contributed by atoms with Gasteiger partial charge < -0.3 is 5.32 Å². The molecular weight excluding hydrogens is 170 g/mol. The van der Waals surface area contributed by atoms with E-state index in [1.165, 1.54) is 0 Å². The van der Waals surface area contributed by atoms with Gasteiger partial charge in [-0.15, -0.1) is 0 Å². The fraction of sp³-hybridized carbons (Fsp3) is 0.889. The predicted octanol–water partition coefficient (Wildman–Crippen LogP) is 1.86. The minimum atomic E-state index is 0.126. The molecule has 0 aromatic carbocycles. The summed E-state index contributed by atoms with van der Waals surface area (Å²) in [5, 5.41) is 2.81. The molecule has 0 aromatic heterocycles. The van der Waals surface area contributed by atoms with Crippen LogP contribution >= 0.6 is 12.6 Å². The van der Waals surface area contributed by atoms with Crippen molar-refractivity contribution in [2.75, 3.05) is 12.3 Å². The molecule has 72 valence electrons. The van der Waals surface area contributed by atoms with Crippen LogP contribution in [0, 0.1) is 5.41 Å². The summed E-state index contributed by atoms with van der Waals surface area (Å²) in [5.41, 5.74) is 0.126. The van der Waals surface area contributed by atoms with Gasteiger partial charge in [0.1, 0.15) is 0 Å². The molecule has 0 radical (unpaired) electrons. The highest BCUT2D eigenvalue weighted by Crippen LogP contribution is 2.23. The number of hydrogen-bond donors (Lipinski definition) is 2. The number of carbonyl (C=O) groups is 1. The minimum absolute atomic E-state index is 0.126. The molecule has 0 saturated carbocycles. The van der Waals surface area contributed by atoms with Crippen molar-refractivity contribution in [1.82, 2.24) is 5.32 Å². The molecular formula is C9H19NOS. The first-order valence-electron chi connectivity index (χ1n) is 4.39. The smallest absolute Gasteiger partial charge is 0.220 e. The molecule has 0 rings (SSSR count). The van der Waals surface area contributed by atoms with Crippen LogP contribution < -0.4 is 5.32 Å². The molecule has 1 N–H and O–H groups in total. The molecule has 0 aliphatic heterocycles. The maximum Gasteiger partial charge on any atom is 0.220 e. The maximum absolute atomic E-state index is 11.2. The summed E-state index contributed by atoms with van der Waals surface area (Å²) in [6.07, 6.45) is 1.64. The van der Waals surface area contributed by atoms with E-state index in [9.17, 15) is 4.79 Å². The van der Waals surface area contributed by atoms with Crippen LogP contribution in [0.5, 0.6) is 0 Å². The average molecular weight is 189 g/mol. The second-order valence-electron chi connectivity index (χ2n) is 3.77. The van der Waals surface area contributed by atoms with Crippen LogP contribution in [-0.4, -0.2) is 18.2 Å². The van der Waals surface area contributed by atoms with Gasteiger partial charge in [-0.1, -0.05) is 27.2 Å². The van der Waals surface area contributed by atoms with E-state index in [1.807, 2.05) is 0 Å². The summed E-state index contributed by atoms with van der Waals surface area (Å²) >= 11 is 4.01. The van der Waals surface area contributed by atoms with E-state index >= 15 is 0 Å². The normalized spacial score (nSPS) is 11.3. The Hall–Kier alpha value is -0.180. The molecule has 3 heteroatoms. The van der Waals surface area contributed by atoms with E-state index in [0.29, 0.717) is 18.7 Å². The fourth-order valence-electron chi connectivity index (χ4n) is 0.817. The lowest BCUT2D eigenvalue weighted by Gasteiger charge is -2.21. The Morgan fingerprint density at radius 1 is 1.50 bits per heavy atom. The van der Waals surface area contributed by atoms with Gasteiger partial charge in [0.25, 0.3) is 0 Å². The highest BCUT2D eigenvalue weighted by molar-refractivity contribution is 7.80. The molecule has 12 heavy (non-hydrogen) atoms. The monoisotopic (exact) mass is 189 g/mol. The van der Waals surface area contributed by atoms with Gasteiger partial charge in [0.05, 0.1) is 0 Å². The molecule has 0 heterocycles. The van der Waals surface area contributed by atoms with Gasteiger partial charge in [-0.3, -0.25) is 4.79 Å². The number of hydrogen-bond acceptors (Lipinski definition) is 2. The Bertz CT molecular complexity index is 145. The number of nitrogens with one attached hydrogen (secondary N) is 1. The average Bonchev–Trinajstić information content (AvgIpc) is 2.00. The largest absolute Gasteiger partial charge is 0.355 e. The van der Waals surface area contributed by atoms with E-state index in [-0.39, 0.29) is 11.3 Å². The molecule has 0 bridgehead atoms. The lowest BCUT2D eigenvalue weighted by molar-refractivity contribution is -0.122. The highest BCUT2D eigenvalue weighted by atomic mass is 32.1. The fourth-order valence-corrected chi connectivity index (χ4v) is 0.929. The van der Waals surface area contributed by atoms with Crippen LogP contribution in [0.15, 0.2) is 0 Å². The van der Waals surface area contributed by atoms with E-state index in [0.717, 1.165) is 6.42 Å². The molecule has 0 atom stereocenters. The molecule has 2 nitrogen and oxygen atoms in total. The molecule has 1 amide bonds. The van der Waals surface area contributed by atoms with E-state index in [2.05, 4.69) is 38.7 Å². The van der Waals surface area contributed by atoms with Crippen LogP contribution in [0.4, 0.5) is 0 Å². The van der Waals surface area contributed by atoms with Crippen molar-refractivity contribution in [3.05, 3.63) is 0 Å². The topological polar surface area (TPSA) is 29.1 Å². The zero-order chi connectivity index (χ0) is 9.61. The Morgan fingerprint density at radius 3 is 2.50 bits per heavy atom. The summed E-state index contributed by atoms with van der Waals surface area (Å²) < 4.78 is 0. The molecule has 0 unspecified atom stereocenters. The number of thiol groups is 1. The van der Waals surface area contributed by atoms with Crippen LogP contribution in [0.25, 0.3) is 0 Å². The van der Waals surface area contributed by atoms with Gasteiger partial charge in [0.15, 0.2) is 0 Å². The van der Waals surface area contributed by atoms with Crippen molar-refractivity contribution in [2.45, 2.75) is 33.6 Å². The quantitative estimate of drug-likeness (QED) is 0.635. The lowest BCUT2D eigenvalue weighted by atomic mass is 9.86. The first-order chi connectivity index (χ1) is 5.52. The van der Waals surface area contributed by atoms with Crippen molar-refractivity contribution in [1.29, 1.82) is 0 Å². The third-order valence-electron chi connectivity index (χ3n) is 2.03. The van der Waals surface area contributed by atoms with Crippen molar-refractivity contribution in [3.8, 4) is 0 Å². The summed E-state index contributed by atoms with van der Waals surface area (Å²) in [6.45, 7) is 6.98. The molecule has 0 aliphatic carbocycles. The number of carbonyl (C=O) groups excluding carboxylic acids is 1. The molecule has 0 spiro atoms. The Balaban J connectivity index is 3.68. The second kappa shape index (κ2) is 5.46. The number of amides is 1. The third-order valence-corrected chi connectivity index (χ3v) is 2.25. The van der Waals surface area contributed by atoms with E-state index in [1.54, 1.807) is 0 Å². The van der Waals surface area contributed by atoms with Crippen LogP contribution in [-0.2, 0) is 4.79 Å². The SMILES string of the molecule is CCC(C)(C)CC(=O)NCCS. The van der Waals surface area contributed by atoms with Crippen molar-refractivity contribution in [2.24, 2.45) is 5.41 Å². The summed E-state index contributed by atoms with van der Waals surface area (Å²) in [7, 11) is 0. The minimum Gasteiger partial charge on any atom is -0.355 e. The van der Waals surface area contributed by atoms with Crippen LogP contribution in [0.2, 0.25) is 0 Å². The predicted molar refractivity (Wildman–Crippen MR) is 55.6 cm³/mol. The van der Waals surface area contributed by atoms with E-state index in [4.69, 9.17) is 0 Å². The van der Waals surface area contributed by atoms with Crippen LogP contribution in [0.1, 0.15) is 33.6 Å². The molecule has 0 fully saturated rings. The van der Waals surface area contributed by atoms with Gasteiger partial charge >= 0.3 is 0 Å². The standard InChI is InChI=1S/C9H19NOS/c1-4-9(2,3)7-8(11)10-5-6-12/h12H,4-7H2,1-3H3,(H,10,11). The van der Waals surface area contributed by atoms with Crippen molar-refractivity contribution in [3.63, 3.8) is 0 Å². The van der Waals surface area contributed by atoms with Crippen LogP contribution in [0.3, 0.4) is 0 Å². The maximum atomic E-state index is 11.2. The van der Waals surface area contributed by atoms with Crippen molar-refractivity contribution >= 4 is 18.5 Å². The molecule has 0 aliphatic rings.